The molecular weight excluding hydrogens is 522 g/mol. The van der Waals surface area contributed by atoms with Gasteiger partial charge >= 0.3 is 0 Å². The zero-order valence-electron chi connectivity index (χ0n) is 19.3. The molecule has 1 fully saturated rings. The molecule has 0 unspecified atom stereocenters. The molecular formula is C25H26ClN3O5S2. The fraction of sp³-hybridized carbons (Fsp3) is 0.240. The Morgan fingerprint density at radius 3 is 2.17 bits per heavy atom. The standard InChI is InChI=1S/C25H26ClN3O5S2/c26-21-7-4-8-23(17-21)28-36(33,34)24-11-9-22(10-12-24)27-25(30)20-13-15-29(16-14-20)35(31,32)18-19-5-2-1-3-6-19/h1-12,17,20,28H,13-16,18H2,(H,27,30). The summed E-state index contributed by atoms with van der Waals surface area (Å²) in [7, 11) is -7.28. The minimum Gasteiger partial charge on any atom is -0.326 e. The summed E-state index contributed by atoms with van der Waals surface area (Å²) in [5, 5.41) is 3.21. The van der Waals surface area contributed by atoms with Crippen molar-refractivity contribution in [1.82, 2.24) is 4.31 Å². The van der Waals surface area contributed by atoms with E-state index >= 15 is 0 Å². The molecule has 1 amide bonds. The first kappa shape index (κ1) is 26.2. The lowest BCUT2D eigenvalue weighted by Gasteiger charge is -2.30. The summed E-state index contributed by atoms with van der Waals surface area (Å²) in [6.07, 6.45) is 0.825. The van der Waals surface area contributed by atoms with Crippen LogP contribution in [0.1, 0.15) is 18.4 Å². The van der Waals surface area contributed by atoms with Gasteiger partial charge in [0.1, 0.15) is 0 Å². The highest BCUT2D eigenvalue weighted by atomic mass is 35.5. The lowest BCUT2D eigenvalue weighted by atomic mass is 9.97. The zero-order valence-corrected chi connectivity index (χ0v) is 21.7. The van der Waals surface area contributed by atoms with Crippen molar-refractivity contribution in [1.29, 1.82) is 0 Å². The number of halogens is 1. The molecule has 1 aliphatic rings. The van der Waals surface area contributed by atoms with Crippen molar-refractivity contribution in [2.24, 2.45) is 5.92 Å². The summed E-state index contributed by atoms with van der Waals surface area (Å²) in [6.45, 7) is 0.555. The molecule has 11 heteroatoms. The molecule has 0 spiro atoms. The zero-order chi connectivity index (χ0) is 25.8. The third-order valence-corrected chi connectivity index (χ3v) is 9.40. The minimum atomic E-state index is -3.82. The van der Waals surface area contributed by atoms with Crippen LogP contribution in [0.4, 0.5) is 11.4 Å². The van der Waals surface area contributed by atoms with Crippen LogP contribution >= 0.6 is 11.6 Å². The number of benzene rings is 3. The number of carbonyl (C=O) groups is 1. The fourth-order valence-corrected chi connectivity index (χ4v) is 6.80. The van der Waals surface area contributed by atoms with Gasteiger partial charge in [-0.1, -0.05) is 48.0 Å². The first-order valence-corrected chi connectivity index (χ1v) is 14.8. The van der Waals surface area contributed by atoms with Crippen molar-refractivity contribution in [3.8, 4) is 0 Å². The number of piperidine rings is 1. The highest BCUT2D eigenvalue weighted by Gasteiger charge is 2.31. The Balaban J connectivity index is 1.31. The monoisotopic (exact) mass is 547 g/mol. The number of hydrogen-bond donors (Lipinski definition) is 2. The molecule has 2 N–H and O–H groups in total. The van der Waals surface area contributed by atoms with Crippen LogP contribution in [0.25, 0.3) is 0 Å². The van der Waals surface area contributed by atoms with Crippen molar-refractivity contribution in [2.45, 2.75) is 23.5 Å². The average molecular weight is 548 g/mol. The molecule has 3 aromatic rings. The Morgan fingerprint density at radius 2 is 1.53 bits per heavy atom. The number of nitrogens with zero attached hydrogens (tertiary/aromatic N) is 1. The van der Waals surface area contributed by atoms with E-state index in [1.54, 1.807) is 42.5 Å². The van der Waals surface area contributed by atoms with E-state index in [9.17, 15) is 21.6 Å². The Bertz CT molecular complexity index is 1420. The Labute approximate surface area is 216 Å². The number of sulfonamides is 2. The average Bonchev–Trinajstić information content (AvgIpc) is 2.84. The van der Waals surface area contributed by atoms with Gasteiger partial charge in [-0.25, -0.2) is 21.1 Å². The van der Waals surface area contributed by atoms with Crippen molar-refractivity contribution >= 4 is 48.9 Å². The van der Waals surface area contributed by atoms with E-state index in [0.717, 1.165) is 5.56 Å². The van der Waals surface area contributed by atoms with Crippen LogP contribution in [0.2, 0.25) is 5.02 Å². The highest BCUT2D eigenvalue weighted by molar-refractivity contribution is 7.92. The molecule has 1 saturated heterocycles. The second kappa shape index (κ2) is 11.0. The van der Waals surface area contributed by atoms with Gasteiger partial charge < -0.3 is 5.32 Å². The number of carbonyl (C=O) groups excluding carboxylic acids is 1. The minimum absolute atomic E-state index is 0.0393. The van der Waals surface area contributed by atoms with Gasteiger partial charge in [-0.2, -0.15) is 0 Å². The normalized spacial score (nSPS) is 15.4. The molecule has 1 aliphatic heterocycles. The maximum Gasteiger partial charge on any atom is 0.261 e. The lowest BCUT2D eigenvalue weighted by molar-refractivity contribution is -0.120. The summed E-state index contributed by atoms with van der Waals surface area (Å²) in [5.74, 6) is -0.615. The molecule has 0 radical (unpaired) electrons. The van der Waals surface area contributed by atoms with Crippen molar-refractivity contribution in [2.75, 3.05) is 23.1 Å². The number of anilines is 2. The summed E-state index contributed by atoms with van der Waals surface area (Å²) in [6, 6.07) is 21.2. The number of rotatable bonds is 8. The summed E-state index contributed by atoms with van der Waals surface area (Å²) >= 11 is 5.91. The van der Waals surface area contributed by atoms with Crippen LogP contribution in [-0.2, 0) is 30.6 Å². The molecule has 36 heavy (non-hydrogen) atoms. The molecule has 1 heterocycles. The Morgan fingerprint density at radius 1 is 0.861 bits per heavy atom. The quantitative estimate of drug-likeness (QED) is 0.436. The van der Waals surface area contributed by atoms with E-state index in [1.807, 2.05) is 6.07 Å². The van der Waals surface area contributed by atoms with Gasteiger partial charge in [0.2, 0.25) is 15.9 Å². The summed E-state index contributed by atoms with van der Waals surface area (Å²) in [5.41, 5.74) is 1.53. The molecule has 0 bridgehead atoms. The predicted octanol–water partition coefficient (Wildman–Crippen LogP) is 4.32. The van der Waals surface area contributed by atoms with E-state index in [0.29, 0.717) is 29.2 Å². The molecule has 0 saturated carbocycles. The van der Waals surface area contributed by atoms with E-state index in [2.05, 4.69) is 10.0 Å². The van der Waals surface area contributed by atoms with Gasteiger partial charge in [0.15, 0.2) is 0 Å². The van der Waals surface area contributed by atoms with E-state index < -0.39 is 20.0 Å². The predicted molar refractivity (Wildman–Crippen MR) is 141 cm³/mol. The third kappa shape index (κ3) is 6.64. The van der Waals surface area contributed by atoms with Crippen molar-refractivity contribution < 1.29 is 21.6 Å². The molecule has 8 nitrogen and oxygen atoms in total. The first-order valence-electron chi connectivity index (χ1n) is 11.3. The summed E-state index contributed by atoms with van der Waals surface area (Å²) in [4.78, 5) is 12.8. The van der Waals surface area contributed by atoms with Crippen LogP contribution in [-0.4, -0.2) is 40.1 Å². The second-order valence-electron chi connectivity index (χ2n) is 8.54. The van der Waals surface area contributed by atoms with Crippen molar-refractivity contribution in [3.05, 3.63) is 89.4 Å². The highest BCUT2D eigenvalue weighted by Crippen LogP contribution is 2.24. The molecule has 3 aromatic carbocycles. The number of nitrogens with one attached hydrogen (secondary N) is 2. The topological polar surface area (TPSA) is 113 Å². The molecule has 4 rings (SSSR count). The van der Waals surface area contributed by atoms with Gasteiger partial charge in [-0.15, -0.1) is 0 Å². The van der Waals surface area contributed by atoms with Gasteiger partial charge in [-0.05, 0) is 60.9 Å². The van der Waals surface area contributed by atoms with Crippen LogP contribution in [0, 0.1) is 5.92 Å². The van der Waals surface area contributed by atoms with Crippen molar-refractivity contribution in [3.63, 3.8) is 0 Å². The lowest BCUT2D eigenvalue weighted by Crippen LogP contribution is -2.41. The van der Waals surface area contributed by atoms with Gasteiger partial charge in [0.25, 0.3) is 10.0 Å². The fourth-order valence-electron chi connectivity index (χ4n) is 4.00. The largest absolute Gasteiger partial charge is 0.326 e. The van der Waals surface area contributed by atoms with E-state index in [1.165, 1.54) is 34.6 Å². The van der Waals surface area contributed by atoms with E-state index in [-0.39, 0.29) is 35.6 Å². The SMILES string of the molecule is O=C(Nc1ccc(S(=O)(=O)Nc2cccc(Cl)c2)cc1)C1CCN(S(=O)(=O)Cc2ccccc2)CC1. The molecule has 0 atom stereocenters. The van der Waals surface area contributed by atoms with Gasteiger partial charge in [0.05, 0.1) is 16.3 Å². The van der Waals surface area contributed by atoms with E-state index in [4.69, 9.17) is 11.6 Å². The second-order valence-corrected chi connectivity index (χ2v) is 12.6. The van der Waals surface area contributed by atoms with Crippen LogP contribution in [0.15, 0.2) is 83.8 Å². The molecule has 190 valence electrons. The maximum absolute atomic E-state index is 12.7. The smallest absolute Gasteiger partial charge is 0.261 e. The third-order valence-electron chi connectivity index (χ3n) is 5.92. The maximum atomic E-state index is 12.7. The van der Waals surface area contributed by atoms with Gasteiger partial charge in [-0.3, -0.25) is 9.52 Å². The Hall–Kier alpha value is -2.92. The summed E-state index contributed by atoms with van der Waals surface area (Å²) < 4.78 is 54.6. The Kier molecular flexibility index (Phi) is 7.99. The first-order chi connectivity index (χ1) is 17.1. The van der Waals surface area contributed by atoms with Crippen LogP contribution in [0.3, 0.4) is 0 Å². The molecule has 0 aromatic heterocycles. The number of amides is 1. The van der Waals surface area contributed by atoms with Gasteiger partial charge in [0, 0.05) is 29.7 Å². The number of hydrogen-bond acceptors (Lipinski definition) is 5. The van der Waals surface area contributed by atoms with Crippen LogP contribution < -0.4 is 10.0 Å². The molecule has 0 aliphatic carbocycles. The van der Waals surface area contributed by atoms with Crippen LogP contribution in [0.5, 0.6) is 0 Å².